The van der Waals surface area contributed by atoms with Crippen LogP contribution in [0.5, 0.6) is 0 Å². The minimum atomic E-state index is -0.133. The predicted molar refractivity (Wildman–Crippen MR) is 67.5 cm³/mol. The first-order chi connectivity index (χ1) is 7.47. The van der Waals surface area contributed by atoms with E-state index in [1.807, 2.05) is 32.0 Å². The van der Waals surface area contributed by atoms with Crippen molar-refractivity contribution in [3.8, 4) is 0 Å². The van der Waals surface area contributed by atoms with Crippen LogP contribution in [0.25, 0.3) is 0 Å². The Bertz CT molecular complexity index is 388. The standard InChI is InChI=1S/C13H20N2O/c1-9-5-6-12(7-10(9)2)15(4)13(16)11(3)8-14/h5-7,11H,8,14H2,1-4H3. The Kier molecular flexibility index (Phi) is 4.07. The zero-order valence-corrected chi connectivity index (χ0v) is 10.4. The van der Waals surface area contributed by atoms with Gasteiger partial charge in [-0.15, -0.1) is 0 Å². The number of carbonyl (C=O) groups is 1. The van der Waals surface area contributed by atoms with Gasteiger partial charge in [-0.1, -0.05) is 13.0 Å². The van der Waals surface area contributed by atoms with Gasteiger partial charge in [0.25, 0.3) is 0 Å². The Balaban J connectivity index is 2.92. The summed E-state index contributed by atoms with van der Waals surface area (Å²) in [7, 11) is 1.79. The van der Waals surface area contributed by atoms with Crippen molar-refractivity contribution in [1.29, 1.82) is 0 Å². The molecule has 0 bridgehead atoms. The van der Waals surface area contributed by atoms with E-state index < -0.39 is 0 Å². The van der Waals surface area contributed by atoms with Gasteiger partial charge in [0.05, 0.1) is 0 Å². The van der Waals surface area contributed by atoms with E-state index >= 15 is 0 Å². The number of nitrogens with zero attached hydrogens (tertiary/aromatic N) is 1. The molecule has 0 aliphatic heterocycles. The SMILES string of the molecule is Cc1ccc(N(C)C(=O)C(C)CN)cc1C. The maximum Gasteiger partial charge on any atom is 0.230 e. The van der Waals surface area contributed by atoms with Crippen LogP contribution in [-0.4, -0.2) is 19.5 Å². The fourth-order valence-corrected chi connectivity index (χ4v) is 1.49. The van der Waals surface area contributed by atoms with Gasteiger partial charge < -0.3 is 10.6 Å². The number of rotatable bonds is 3. The average Bonchev–Trinajstić information content (AvgIpc) is 2.29. The topological polar surface area (TPSA) is 46.3 Å². The number of amides is 1. The molecular formula is C13H20N2O. The molecule has 1 amide bonds. The number of anilines is 1. The number of nitrogens with two attached hydrogens (primary N) is 1. The molecule has 1 aromatic carbocycles. The van der Waals surface area contributed by atoms with Crippen LogP contribution in [0.4, 0.5) is 5.69 Å². The third-order valence-electron chi connectivity index (χ3n) is 2.98. The van der Waals surface area contributed by atoms with Gasteiger partial charge in [-0.25, -0.2) is 0 Å². The van der Waals surface area contributed by atoms with Crippen LogP contribution in [0, 0.1) is 19.8 Å². The van der Waals surface area contributed by atoms with E-state index in [1.165, 1.54) is 11.1 Å². The molecule has 0 fully saturated rings. The molecule has 0 aromatic heterocycles. The van der Waals surface area contributed by atoms with E-state index in [-0.39, 0.29) is 11.8 Å². The minimum absolute atomic E-state index is 0.0609. The summed E-state index contributed by atoms with van der Waals surface area (Å²) in [6, 6.07) is 6.02. The predicted octanol–water partition coefficient (Wildman–Crippen LogP) is 1.86. The summed E-state index contributed by atoms with van der Waals surface area (Å²) in [4.78, 5) is 13.6. The normalized spacial score (nSPS) is 12.3. The highest BCUT2D eigenvalue weighted by atomic mass is 16.2. The summed E-state index contributed by atoms with van der Waals surface area (Å²) >= 11 is 0. The largest absolute Gasteiger partial charge is 0.330 e. The van der Waals surface area contributed by atoms with Gasteiger partial charge in [-0.05, 0) is 37.1 Å². The minimum Gasteiger partial charge on any atom is -0.330 e. The summed E-state index contributed by atoms with van der Waals surface area (Å²) in [6.45, 7) is 6.33. The fourth-order valence-electron chi connectivity index (χ4n) is 1.49. The van der Waals surface area contributed by atoms with Gasteiger partial charge in [0.2, 0.25) is 5.91 Å². The van der Waals surface area contributed by atoms with Gasteiger partial charge >= 0.3 is 0 Å². The first kappa shape index (κ1) is 12.7. The lowest BCUT2D eigenvalue weighted by Crippen LogP contribution is -2.35. The first-order valence-electron chi connectivity index (χ1n) is 5.52. The third kappa shape index (κ3) is 2.61. The monoisotopic (exact) mass is 220 g/mol. The summed E-state index contributed by atoms with van der Waals surface area (Å²) in [5.41, 5.74) is 8.84. The third-order valence-corrected chi connectivity index (χ3v) is 2.98. The molecule has 0 aliphatic rings. The summed E-state index contributed by atoms with van der Waals surface area (Å²) in [6.07, 6.45) is 0. The number of aryl methyl sites for hydroxylation is 2. The highest BCUT2D eigenvalue weighted by Gasteiger charge is 2.17. The fraction of sp³-hybridized carbons (Fsp3) is 0.462. The highest BCUT2D eigenvalue weighted by molar-refractivity contribution is 5.94. The second kappa shape index (κ2) is 5.12. The van der Waals surface area contributed by atoms with E-state index in [1.54, 1.807) is 11.9 Å². The van der Waals surface area contributed by atoms with Crippen molar-refractivity contribution in [2.24, 2.45) is 11.7 Å². The molecule has 16 heavy (non-hydrogen) atoms. The summed E-state index contributed by atoms with van der Waals surface area (Å²) in [5, 5.41) is 0. The Morgan fingerprint density at radius 2 is 2.00 bits per heavy atom. The van der Waals surface area contributed by atoms with Gasteiger partial charge in [0, 0.05) is 25.2 Å². The lowest BCUT2D eigenvalue weighted by Gasteiger charge is -2.21. The molecule has 88 valence electrons. The zero-order valence-electron chi connectivity index (χ0n) is 10.4. The van der Waals surface area contributed by atoms with Crippen LogP contribution in [0.3, 0.4) is 0 Å². The average molecular weight is 220 g/mol. The van der Waals surface area contributed by atoms with E-state index in [0.717, 1.165) is 5.69 Å². The van der Waals surface area contributed by atoms with Crippen LogP contribution >= 0.6 is 0 Å². The van der Waals surface area contributed by atoms with Crippen LogP contribution in [0.15, 0.2) is 18.2 Å². The van der Waals surface area contributed by atoms with E-state index in [0.29, 0.717) is 6.54 Å². The molecule has 1 aromatic rings. The first-order valence-corrected chi connectivity index (χ1v) is 5.52. The van der Waals surface area contributed by atoms with Crippen molar-refractivity contribution in [2.45, 2.75) is 20.8 Å². The maximum absolute atomic E-state index is 11.9. The zero-order chi connectivity index (χ0) is 12.3. The maximum atomic E-state index is 11.9. The number of benzene rings is 1. The van der Waals surface area contributed by atoms with Crippen LogP contribution in [-0.2, 0) is 4.79 Å². The molecule has 0 saturated carbocycles. The number of hydrogen-bond acceptors (Lipinski definition) is 2. The molecule has 1 atom stereocenters. The van der Waals surface area contributed by atoms with Crippen molar-refractivity contribution in [2.75, 3.05) is 18.5 Å². The van der Waals surface area contributed by atoms with E-state index in [4.69, 9.17) is 5.73 Å². The van der Waals surface area contributed by atoms with Gasteiger partial charge in [0.15, 0.2) is 0 Å². The molecule has 0 spiro atoms. The Labute approximate surface area is 97.2 Å². The second-order valence-corrected chi connectivity index (χ2v) is 4.30. The van der Waals surface area contributed by atoms with Crippen molar-refractivity contribution >= 4 is 11.6 Å². The van der Waals surface area contributed by atoms with Crippen molar-refractivity contribution in [1.82, 2.24) is 0 Å². The molecular weight excluding hydrogens is 200 g/mol. The molecule has 1 rings (SSSR count). The highest BCUT2D eigenvalue weighted by Crippen LogP contribution is 2.19. The van der Waals surface area contributed by atoms with E-state index in [2.05, 4.69) is 6.92 Å². The van der Waals surface area contributed by atoms with Gasteiger partial charge in [0.1, 0.15) is 0 Å². The lowest BCUT2D eigenvalue weighted by atomic mass is 10.1. The molecule has 1 unspecified atom stereocenters. The molecule has 0 aliphatic carbocycles. The van der Waals surface area contributed by atoms with Gasteiger partial charge in [-0.3, -0.25) is 4.79 Å². The van der Waals surface area contributed by atoms with Crippen LogP contribution in [0.2, 0.25) is 0 Å². The number of carbonyl (C=O) groups excluding carboxylic acids is 1. The molecule has 0 radical (unpaired) electrons. The number of hydrogen-bond donors (Lipinski definition) is 1. The quantitative estimate of drug-likeness (QED) is 0.845. The Hall–Kier alpha value is -1.35. The molecule has 2 N–H and O–H groups in total. The summed E-state index contributed by atoms with van der Waals surface area (Å²) in [5.74, 6) is -0.0719. The Morgan fingerprint density at radius 3 is 2.50 bits per heavy atom. The van der Waals surface area contributed by atoms with Crippen molar-refractivity contribution in [3.63, 3.8) is 0 Å². The molecule has 3 nitrogen and oxygen atoms in total. The van der Waals surface area contributed by atoms with Gasteiger partial charge in [-0.2, -0.15) is 0 Å². The van der Waals surface area contributed by atoms with Crippen LogP contribution in [0.1, 0.15) is 18.1 Å². The van der Waals surface area contributed by atoms with E-state index in [9.17, 15) is 4.79 Å². The Morgan fingerprint density at radius 1 is 1.38 bits per heavy atom. The lowest BCUT2D eigenvalue weighted by molar-refractivity contribution is -0.121. The van der Waals surface area contributed by atoms with Crippen molar-refractivity contribution < 1.29 is 4.79 Å². The molecule has 0 saturated heterocycles. The molecule has 3 heteroatoms. The molecule has 0 heterocycles. The summed E-state index contributed by atoms with van der Waals surface area (Å²) < 4.78 is 0. The smallest absolute Gasteiger partial charge is 0.230 e. The van der Waals surface area contributed by atoms with Crippen molar-refractivity contribution in [3.05, 3.63) is 29.3 Å². The second-order valence-electron chi connectivity index (χ2n) is 4.30. The van der Waals surface area contributed by atoms with Crippen LogP contribution < -0.4 is 10.6 Å².